The normalized spacial score (nSPS) is 10.7. The molecule has 1 heterocycles. The van der Waals surface area contributed by atoms with Crippen molar-refractivity contribution in [2.24, 2.45) is 0 Å². The number of carboxylic acid groups (broad SMARTS) is 1. The standard InChI is InChI=1S/C24H26ClN3O4/c1-3-4-9-21-27-20(14-26-24(31)32-2)22(25)28(21)15-16-10-12-17(13-11-16)18-7-5-6-8-19(18)23(29)30/h5-8,10-13H,3-4,9,14-15H2,1-2H3,(H,26,31)(H,29,30). The minimum atomic E-state index is -0.955. The van der Waals surface area contributed by atoms with Gasteiger partial charge in [-0.1, -0.05) is 67.4 Å². The fraction of sp³-hybridized carbons (Fsp3) is 0.292. The highest BCUT2D eigenvalue weighted by atomic mass is 35.5. The first-order valence-corrected chi connectivity index (χ1v) is 10.8. The molecule has 1 amide bonds. The van der Waals surface area contributed by atoms with Crippen molar-refractivity contribution in [2.75, 3.05) is 7.11 Å². The molecular formula is C24H26ClN3O4. The van der Waals surface area contributed by atoms with Crippen molar-refractivity contribution in [1.29, 1.82) is 0 Å². The number of carboxylic acids is 1. The molecule has 0 radical (unpaired) electrons. The topological polar surface area (TPSA) is 93.5 Å². The van der Waals surface area contributed by atoms with Crippen LogP contribution < -0.4 is 5.32 Å². The third-order valence-corrected chi connectivity index (χ3v) is 5.58. The Morgan fingerprint density at radius 1 is 1.16 bits per heavy atom. The summed E-state index contributed by atoms with van der Waals surface area (Å²) in [5, 5.41) is 12.5. The molecule has 2 aromatic carbocycles. The molecule has 0 saturated carbocycles. The molecule has 0 spiro atoms. The lowest BCUT2D eigenvalue weighted by atomic mass is 9.99. The Morgan fingerprint density at radius 2 is 1.88 bits per heavy atom. The second kappa shape index (κ2) is 10.8. The molecule has 0 aliphatic rings. The van der Waals surface area contributed by atoms with Crippen molar-refractivity contribution in [2.45, 2.75) is 39.3 Å². The van der Waals surface area contributed by atoms with Crippen molar-refractivity contribution >= 4 is 23.7 Å². The number of hydrogen-bond donors (Lipinski definition) is 2. The van der Waals surface area contributed by atoms with E-state index in [1.54, 1.807) is 18.2 Å². The van der Waals surface area contributed by atoms with Crippen molar-refractivity contribution in [3.8, 4) is 11.1 Å². The molecule has 32 heavy (non-hydrogen) atoms. The van der Waals surface area contributed by atoms with Gasteiger partial charge in [0, 0.05) is 6.42 Å². The highest BCUT2D eigenvalue weighted by Gasteiger charge is 2.17. The van der Waals surface area contributed by atoms with E-state index in [1.807, 2.05) is 34.9 Å². The quantitative estimate of drug-likeness (QED) is 0.465. The first kappa shape index (κ1) is 23.3. The summed E-state index contributed by atoms with van der Waals surface area (Å²) in [6.07, 6.45) is 2.24. The number of halogens is 1. The Balaban J connectivity index is 1.85. The summed E-state index contributed by atoms with van der Waals surface area (Å²) < 4.78 is 6.57. The van der Waals surface area contributed by atoms with E-state index in [1.165, 1.54) is 7.11 Å². The molecule has 3 rings (SSSR count). The van der Waals surface area contributed by atoms with E-state index < -0.39 is 12.1 Å². The van der Waals surface area contributed by atoms with Crippen molar-refractivity contribution in [1.82, 2.24) is 14.9 Å². The molecule has 0 atom stereocenters. The SMILES string of the molecule is CCCCc1nc(CNC(=O)OC)c(Cl)n1Cc1ccc(-c2ccccc2C(=O)O)cc1. The van der Waals surface area contributed by atoms with Gasteiger partial charge in [0.1, 0.15) is 11.0 Å². The van der Waals surface area contributed by atoms with Crippen LogP contribution in [0.2, 0.25) is 5.15 Å². The monoisotopic (exact) mass is 455 g/mol. The van der Waals surface area contributed by atoms with E-state index in [-0.39, 0.29) is 12.1 Å². The van der Waals surface area contributed by atoms with Gasteiger partial charge in [0.25, 0.3) is 0 Å². The summed E-state index contributed by atoms with van der Waals surface area (Å²) in [6, 6.07) is 14.7. The molecule has 1 aromatic heterocycles. The fourth-order valence-corrected chi connectivity index (χ4v) is 3.72. The Morgan fingerprint density at radius 3 is 2.53 bits per heavy atom. The third-order valence-electron chi connectivity index (χ3n) is 5.15. The van der Waals surface area contributed by atoms with Gasteiger partial charge in [0.15, 0.2) is 0 Å². The number of unbranched alkanes of at least 4 members (excludes halogenated alkanes) is 1. The van der Waals surface area contributed by atoms with Crippen LogP contribution in [0.5, 0.6) is 0 Å². The largest absolute Gasteiger partial charge is 0.478 e. The number of nitrogens with zero attached hydrogens (tertiary/aromatic N) is 2. The summed E-state index contributed by atoms with van der Waals surface area (Å²) in [6.45, 7) is 2.81. The summed E-state index contributed by atoms with van der Waals surface area (Å²) in [5.41, 5.74) is 3.37. The molecule has 0 saturated heterocycles. The molecule has 0 bridgehead atoms. The predicted octanol–water partition coefficient (Wildman–Crippen LogP) is 5.15. The van der Waals surface area contributed by atoms with Crippen LogP contribution in [0.3, 0.4) is 0 Å². The molecule has 3 aromatic rings. The van der Waals surface area contributed by atoms with Gasteiger partial charge in [-0.15, -0.1) is 0 Å². The fourth-order valence-electron chi connectivity index (χ4n) is 3.45. The van der Waals surface area contributed by atoms with Crippen LogP contribution in [-0.2, 0) is 24.2 Å². The summed E-state index contributed by atoms with van der Waals surface area (Å²) >= 11 is 6.61. The Bertz CT molecular complexity index is 1090. The molecule has 2 N–H and O–H groups in total. The molecule has 168 valence electrons. The van der Waals surface area contributed by atoms with E-state index in [0.29, 0.717) is 23.0 Å². The van der Waals surface area contributed by atoms with Crippen LogP contribution in [0.4, 0.5) is 4.79 Å². The van der Waals surface area contributed by atoms with Crippen molar-refractivity contribution in [3.05, 3.63) is 76.3 Å². The molecule has 7 nitrogen and oxygen atoms in total. The van der Waals surface area contributed by atoms with Gasteiger partial charge in [-0.3, -0.25) is 0 Å². The predicted molar refractivity (Wildman–Crippen MR) is 123 cm³/mol. The van der Waals surface area contributed by atoms with Crippen LogP contribution in [-0.4, -0.2) is 33.8 Å². The number of benzene rings is 2. The van der Waals surface area contributed by atoms with Crippen LogP contribution >= 0.6 is 11.6 Å². The van der Waals surface area contributed by atoms with Gasteiger partial charge in [-0.25, -0.2) is 14.6 Å². The van der Waals surface area contributed by atoms with E-state index in [9.17, 15) is 14.7 Å². The number of carbonyl (C=O) groups excluding carboxylic acids is 1. The summed E-state index contributed by atoms with van der Waals surface area (Å²) in [4.78, 5) is 27.6. The number of hydrogen-bond acceptors (Lipinski definition) is 4. The number of rotatable bonds is 9. The van der Waals surface area contributed by atoms with Gasteiger partial charge < -0.3 is 19.7 Å². The zero-order valence-corrected chi connectivity index (χ0v) is 18.9. The Kier molecular flexibility index (Phi) is 7.89. The van der Waals surface area contributed by atoms with Gasteiger partial charge in [-0.2, -0.15) is 0 Å². The number of aryl methyl sites for hydroxylation is 1. The molecular weight excluding hydrogens is 430 g/mol. The van der Waals surface area contributed by atoms with Crippen molar-refractivity contribution in [3.63, 3.8) is 0 Å². The molecule has 0 aliphatic carbocycles. The second-order valence-corrected chi connectivity index (χ2v) is 7.71. The van der Waals surface area contributed by atoms with Crippen LogP contribution in [0.1, 0.15) is 47.2 Å². The molecule has 0 unspecified atom stereocenters. The second-order valence-electron chi connectivity index (χ2n) is 7.35. The summed E-state index contributed by atoms with van der Waals surface area (Å²) in [7, 11) is 1.31. The lowest BCUT2D eigenvalue weighted by Crippen LogP contribution is -2.22. The highest BCUT2D eigenvalue weighted by molar-refractivity contribution is 6.30. The minimum Gasteiger partial charge on any atom is -0.478 e. The van der Waals surface area contributed by atoms with Crippen LogP contribution in [0.15, 0.2) is 48.5 Å². The number of nitrogens with one attached hydrogen (secondary N) is 1. The van der Waals surface area contributed by atoms with Crippen LogP contribution in [0.25, 0.3) is 11.1 Å². The number of carbonyl (C=O) groups is 2. The zero-order valence-electron chi connectivity index (χ0n) is 18.1. The number of alkyl carbamates (subject to hydrolysis) is 1. The molecule has 0 aliphatic heterocycles. The van der Waals surface area contributed by atoms with E-state index in [2.05, 4.69) is 22.0 Å². The Labute approximate surface area is 192 Å². The number of ether oxygens (including phenoxy) is 1. The van der Waals surface area contributed by atoms with Gasteiger partial charge in [0.05, 0.1) is 31.5 Å². The average Bonchev–Trinajstić information content (AvgIpc) is 3.10. The lowest BCUT2D eigenvalue weighted by molar-refractivity contribution is 0.0697. The summed E-state index contributed by atoms with van der Waals surface area (Å²) in [5.74, 6) is -0.0950. The first-order chi connectivity index (χ1) is 15.4. The smallest absolute Gasteiger partial charge is 0.407 e. The van der Waals surface area contributed by atoms with Gasteiger partial charge in [0.2, 0.25) is 0 Å². The number of methoxy groups -OCH3 is 1. The minimum absolute atomic E-state index is 0.183. The van der Waals surface area contributed by atoms with Gasteiger partial charge in [-0.05, 0) is 29.2 Å². The maximum atomic E-state index is 11.5. The van der Waals surface area contributed by atoms with Crippen molar-refractivity contribution < 1.29 is 19.4 Å². The highest BCUT2D eigenvalue weighted by Crippen LogP contribution is 2.26. The zero-order chi connectivity index (χ0) is 23.1. The van der Waals surface area contributed by atoms with E-state index >= 15 is 0 Å². The van der Waals surface area contributed by atoms with Crippen LogP contribution in [0, 0.1) is 0 Å². The van der Waals surface area contributed by atoms with E-state index in [0.717, 1.165) is 36.2 Å². The first-order valence-electron chi connectivity index (χ1n) is 10.4. The lowest BCUT2D eigenvalue weighted by Gasteiger charge is -2.11. The Hall–Kier alpha value is -3.32. The average molecular weight is 456 g/mol. The maximum Gasteiger partial charge on any atom is 0.407 e. The molecule has 0 fully saturated rings. The number of amides is 1. The number of imidazole rings is 1. The number of aromatic nitrogens is 2. The molecule has 8 heteroatoms. The third kappa shape index (κ3) is 5.48. The number of aromatic carboxylic acids is 1. The van der Waals surface area contributed by atoms with E-state index in [4.69, 9.17) is 11.6 Å². The van der Waals surface area contributed by atoms with Gasteiger partial charge >= 0.3 is 12.1 Å². The maximum absolute atomic E-state index is 11.5.